The molecule has 4 nitrogen and oxygen atoms in total. The summed E-state index contributed by atoms with van der Waals surface area (Å²) >= 11 is 5.96. The monoisotopic (exact) mass is 268 g/mol. The lowest BCUT2D eigenvalue weighted by Gasteiger charge is -2.26. The molecule has 2 rings (SSSR count). The Labute approximate surface area is 112 Å². The molecule has 0 aliphatic carbocycles. The highest BCUT2D eigenvalue weighted by molar-refractivity contribution is 6.31. The van der Waals surface area contributed by atoms with Gasteiger partial charge in [0, 0.05) is 24.2 Å². The molecule has 1 saturated heterocycles. The number of anilines is 1. The Hall–Kier alpha value is -1.29. The van der Waals surface area contributed by atoms with Crippen molar-refractivity contribution in [1.82, 2.24) is 0 Å². The molecule has 0 atom stereocenters. The standard InChI is InChI=1S/C13H17ClN2O2/c14-11-6-7-12(16(17)18)13(10-11)15-8-4-2-1-3-5-9-15/h6-7,10H,1-5,8-9H2. The average molecular weight is 269 g/mol. The van der Waals surface area contributed by atoms with Crippen molar-refractivity contribution < 1.29 is 4.92 Å². The number of hydrogen-bond donors (Lipinski definition) is 0. The van der Waals surface area contributed by atoms with Crippen molar-refractivity contribution >= 4 is 23.0 Å². The molecule has 98 valence electrons. The van der Waals surface area contributed by atoms with E-state index in [4.69, 9.17) is 11.6 Å². The minimum Gasteiger partial charge on any atom is -0.366 e. The van der Waals surface area contributed by atoms with E-state index >= 15 is 0 Å². The normalized spacial score (nSPS) is 17.1. The van der Waals surface area contributed by atoms with Crippen molar-refractivity contribution in [2.45, 2.75) is 32.1 Å². The van der Waals surface area contributed by atoms with Crippen LogP contribution >= 0.6 is 11.6 Å². The van der Waals surface area contributed by atoms with Crippen molar-refractivity contribution in [3.8, 4) is 0 Å². The summed E-state index contributed by atoms with van der Waals surface area (Å²) in [6.07, 6.45) is 5.84. The Balaban J connectivity index is 2.28. The van der Waals surface area contributed by atoms with Crippen LogP contribution in [0, 0.1) is 10.1 Å². The molecule has 0 spiro atoms. The Morgan fingerprint density at radius 3 is 2.33 bits per heavy atom. The number of benzene rings is 1. The third kappa shape index (κ3) is 3.13. The summed E-state index contributed by atoms with van der Waals surface area (Å²) in [7, 11) is 0. The Kier molecular flexibility index (Phi) is 4.42. The molecular formula is C13H17ClN2O2. The van der Waals surface area contributed by atoms with Gasteiger partial charge in [0.25, 0.3) is 5.69 Å². The molecule has 1 aromatic rings. The fourth-order valence-corrected chi connectivity index (χ4v) is 2.56. The molecule has 0 radical (unpaired) electrons. The SMILES string of the molecule is O=[N+]([O-])c1ccc(Cl)cc1N1CCCCCCC1. The van der Waals surface area contributed by atoms with Gasteiger partial charge in [0.1, 0.15) is 5.69 Å². The Morgan fingerprint density at radius 2 is 1.72 bits per heavy atom. The van der Waals surface area contributed by atoms with Crippen LogP contribution in [-0.2, 0) is 0 Å². The second-order valence-electron chi connectivity index (χ2n) is 4.64. The van der Waals surface area contributed by atoms with Gasteiger partial charge in [-0.05, 0) is 25.0 Å². The van der Waals surface area contributed by atoms with Crippen molar-refractivity contribution in [1.29, 1.82) is 0 Å². The predicted octanol–water partition coefficient (Wildman–Crippen LogP) is 4.02. The molecule has 1 fully saturated rings. The van der Waals surface area contributed by atoms with Crippen LogP contribution in [0.4, 0.5) is 11.4 Å². The van der Waals surface area contributed by atoms with Crippen LogP contribution < -0.4 is 4.90 Å². The second kappa shape index (κ2) is 6.05. The number of nitrogens with zero attached hydrogens (tertiary/aromatic N) is 2. The second-order valence-corrected chi connectivity index (χ2v) is 5.08. The summed E-state index contributed by atoms with van der Waals surface area (Å²) < 4.78 is 0. The van der Waals surface area contributed by atoms with Gasteiger partial charge in [0.05, 0.1) is 4.92 Å². The summed E-state index contributed by atoms with van der Waals surface area (Å²) in [4.78, 5) is 12.8. The summed E-state index contributed by atoms with van der Waals surface area (Å²) in [6.45, 7) is 1.75. The lowest BCUT2D eigenvalue weighted by Crippen LogP contribution is -2.27. The fourth-order valence-electron chi connectivity index (χ4n) is 2.39. The average Bonchev–Trinajstić information content (AvgIpc) is 2.27. The van der Waals surface area contributed by atoms with Crippen LogP contribution in [0.3, 0.4) is 0 Å². The summed E-state index contributed by atoms with van der Waals surface area (Å²) in [5.74, 6) is 0. The molecule has 0 N–H and O–H groups in total. The molecule has 1 aliphatic heterocycles. The highest BCUT2D eigenvalue weighted by Crippen LogP contribution is 2.32. The number of nitro benzene ring substituents is 1. The van der Waals surface area contributed by atoms with Gasteiger partial charge in [0.15, 0.2) is 0 Å². The van der Waals surface area contributed by atoms with E-state index < -0.39 is 0 Å². The highest BCUT2D eigenvalue weighted by Gasteiger charge is 2.20. The summed E-state index contributed by atoms with van der Waals surface area (Å²) in [5.41, 5.74) is 0.814. The van der Waals surface area contributed by atoms with Gasteiger partial charge >= 0.3 is 0 Å². The maximum atomic E-state index is 11.1. The van der Waals surface area contributed by atoms with Crippen LogP contribution in [0.15, 0.2) is 18.2 Å². The maximum Gasteiger partial charge on any atom is 0.292 e. The topological polar surface area (TPSA) is 46.4 Å². The van der Waals surface area contributed by atoms with Crippen LogP contribution in [-0.4, -0.2) is 18.0 Å². The van der Waals surface area contributed by atoms with E-state index in [-0.39, 0.29) is 10.6 Å². The first-order chi connectivity index (χ1) is 8.68. The van der Waals surface area contributed by atoms with Crippen molar-refractivity contribution in [2.24, 2.45) is 0 Å². The van der Waals surface area contributed by atoms with Crippen molar-refractivity contribution in [3.05, 3.63) is 33.3 Å². The van der Waals surface area contributed by atoms with Crippen molar-refractivity contribution in [2.75, 3.05) is 18.0 Å². The number of hydrogen-bond acceptors (Lipinski definition) is 3. The van der Waals surface area contributed by atoms with Gasteiger partial charge in [-0.15, -0.1) is 0 Å². The molecule has 0 saturated carbocycles. The molecule has 0 aromatic heterocycles. The zero-order valence-electron chi connectivity index (χ0n) is 10.3. The van der Waals surface area contributed by atoms with E-state index in [1.54, 1.807) is 12.1 Å². The molecule has 1 aromatic carbocycles. The first kappa shape index (κ1) is 13.1. The van der Waals surface area contributed by atoms with Crippen LogP contribution in [0.2, 0.25) is 5.02 Å². The first-order valence-corrected chi connectivity index (χ1v) is 6.75. The van der Waals surface area contributed by atoms with Gasteiger partial charge in [-0.2, -0.15) is 0 Å². The molecule has 0 amide bonds. The lowest BCUT2D eigenvalue weighted by atomic mass is 10.1. The zero-order valence-corrected chi connectivity index (χ0v) is 11.0. The van der Waals surface area contributed by atoms with E-state index in [1.807, 2.05) is 0 Å². The van der Waals surface area contributed by atoms with Gasteiger partial charge < -0.3 is 4.90 Å². The third-order valence-electron chi connectivity index (χ3n) is 3.33. The van der Waals surface area contributed by atoms with E-state index in [0.29, 0.717) is 10.7 Å². The van der Waals surface area contributed by atoms with Crippen LogP contribution in [0.5, 0.6) is 0 Å². The smallest absolute Gasteiger partial charge is 0.292 e. The highest BCUT2D eigenvalue weighted by atomic mass is 35.5. The Bertz CT molecular complexity index is 429. The number of nitro groups is 1. The van der Waals surface area contributed by atoms with E-state index in [1.165, 1.54) is 25.3 Å². The third-order valence-corrected chi connectivity index (χ3v) is 3.57. The van der Waals surface area contributed by atoms with E-state index in [2.05, 4.69) is 4.90 Å². The molecule has 1 aliphatic rings. The number of halogens is 1. The molecule has 5 heteroatoms. The summed E-state index contributed by atoms with van der Waals surface area (Å²) in [5, 5.41) is 11.6. The zero-order chi connectivity index (χ0) is 13.0. The maximum absolute atomic E-state index is 11.1. The van der Waals surface area contributed by atoms with Crippen LogP contribution in [0.25, 0.3) is 0 Å². The molecular weight excluding hydrogens is 252 g/mol. The minimum absolute atomic E-state index is 0.153. The van der Waals surface area contributed by atoms with Gasteiger partial charge in [-0.25, -0.2) is 0 Å². The fraction of sp³-hybridized carbons (Fsp3) is 0.538. The van der Waals surface area contributed by atoms with Gasteiger partial charge in [0.2, 0.25) is 0 Å². The predicted molar refractivity (Wildman–Crippen MR) is 73.4 cm³/mol. The largest absolute Gasteiger partial charge is 0.366 e. The first-order valence-electron chi connectivity index (χ1n) is 6.37. The van der Waals surface area contributed by atoms with E-state index in [0.717, 1.165) is 25.9 Å². The summed E-state index contributed by atoms with van der Waals surface area (Å²) in [6, 6.07) is 4.78. The molecule has 0 unspecified atom stereocenters. The van der Waals surface area contributed by atoms with E-state index in [9.17, 15) is 10.1 Å². The quantitative estimate of drug-likeness (QED) is 0.601. The Morgan fingerprint density at radius 1 is 1.11 bits per heavy atom. The molecule has 18 heavy (non-hydrogen) atoms. The number of rotatable bonds is 2. The van der Waals surface area contributed by atoms with Crippen LogP contribution in [0.1, 0.15) is 32.1 Å². The molecule has 1 heterocycles. The van der Waals surface area contributed by atoms with Gasteiger partial charge in [-0.3, -0.25) is 10.1 Å². The van der Waals surface area contributed by atoms with Crippen molar-refractivity contribution in [3.63, 3.8) is 0 Å². The van der Waals surface area contributed by atoms with Gasteiger partial charge in [-0.1, -0.05) is 30.9 Å². The molecule has 0 bridgehead atoms. The lowest BCUT2D eigenvalue weighted by molar-refractivity contribution is -0.384. The minimum atomic E-state index is -0.329.